The third kappa shape index (κ3) is 2.45. The smallest absolute Gasteiger partial charge is 0.337 e. The van der Waals surface area contributed by atoms with E-state index in [2.05, 4.69) is 4.98 Å². The van der Waals surface area contributed by atoms with Crippen LogP contribution in [-0.4, -0.2) is 24.5 Å². The molecule has 0 fully saturated rings. The van der Waals surface area contributed by atoms with Crippen LogP contribution < -0.4 is 0 Å². The molecule has 0 amide bonds. The summed E-state index contributed by atoms with van der Waals surface area (Å²) in [7, 11) is 1.07. The largest absolute Gasteiger partial charge is 0.478 e. The summed E-state index contributed by atoms with van der Waals surface area (Å²) in [6, 6.07) is 1.11. The first-order valence-electron chi connectivity index (χ1n) is 4.03. The predicted octanol–water partition coefficient (Wildman–Crippen LogP) is 1.27. The van der Waals surface area contributed by atoms with Crippen molar-refractivity contribution in [3.05, 3.63) is 23.5 Å². The highest BCUT2D eigenvalue weighted by Gasteiger charge is 2.24. The van der Waals surface area contributed by atoms with Crippen molar-refractivity contribution in [2.45, 2.75) is 18.2 Å². The summed E-state index contributed by atoms with van der Waals surface area (Å²) in [5.41, 5.74) is -0.193. The van der Waals surface area contributed by atoms with Crippen LogP contribution >= 0.6 is 10.7 Å². The molecule has 0 radical (unpaired) electrons. The van der Waals surface area contributed by atoms with E-state index in [9.17, 15) is 13.2 Å². The lowest BCUT2D eigenvalue weighted by atomic mass is 10.2. The van der Waals surface area contributed by atoms with Gasteiger partial charge in [0.05, 0.1) is 11.3 Å². The van der Waals surface area contributed by atoms with Gasteiger partial charge in [0, 0.05) is 16.9 Å². The fraction of sp³-hybridized carbons (Fsp3) is 0.250. The molecule has 0 atom stereocenters. The number of nitrogens with zero attached hydrogens (tertiary/aromatic N) is 1. The number of aromatic carboxylic acids is 1. The number of carboxylic acids is 1. The summed E-state index contributed by atoms with van der Waals surface area (Å²) in [5, 5.41) is 8.80. The SMILES string of the molecule is CCc1nccc(C(=O)O)c1S(=O)(=O)Cl. The van der Waals surface area contributed by atoms with Crippen LogP contribution in [0.4, 0.5) is 0 Å². The van der Waals surface area contributed by atoms with Crippen LogP contribution in [0.15, 0.2) is 17.2 Å². The van der Waals surface area contributed by atoms with Crippen LogP contribution in [0.1, 0.15) is 23.0 Å². The van der Waals surface area contributed by atoms with Gasteiger partial charge >= 0.3 is 5.97 Å². The van der Waals surface area contributed by atoms with Gasteiger partial charge in [-0.1, -0.05) is 6.92 Å². The van der Waals surface area contributed by atoms with E-state index < -0.39 is 19.9 Å². The van der Waals surface area contributed by atoms with E-state index in [1.807, 2.05) is 0 Å². The van der Waals surface area contributed by atoms with Gasteiger partial charge in [-0.05, 0) is 12.5 Å². The van der Waals surface area contributed by atoms with Crippen molar-refractivity contribution in [3.63, 3.8) is 0 Å². The molecule has 0 unspecified atom stereocenters. The number of aryl methyl sites for hydroxylation is 1. The molecule has 0 saturated heterocycles. The molecule has 1 aromatic rings. The zero-order valence-electron chi connectivity index (χ0n) is 7.77. The Hall–Kier alpha value is -1.14. The van der Waals surface area contributed by atoms with Crippen molar-refractivity contribution >= 4 is 25.7 Å². The Morgan fingerprint density at radius 2 is 2.20 bits per heavy atom. The minimum absolute atomic E-state index is 0.157. The Morgan fingerprint density at radius 3 is 2.60 bits per heavy atom. The number of hydrogen-bond acceptors (Lipinski definition) is 4. The molecule has 15 heavy (non-hydrogen) atoms. The van der Waals surface area contributed by atoms with Crippen LogP contribution in [0.2, 0.25) is 0 Å². The van der Waals surface area contributed by atoms with Gasteiger partial charge in [0.2, 0.25) is 0 Å². The first-order valence-corrected chi connectivity index (χ1v) is 6.34. The van der Waals surface area contributed by atoms with E-state index in [-0.39, 0.29) is 11.3 Å². The van der Waals surface area contributed by atoms with Crippen molar-refractivity contribution in [2.24, 2.45) is 0 Å². The molecule has 1 aromatic heterocycles. The highest BCUT2D eigenvalue weighted by Crippen LogP contribution is 2.23. The summed E-state index contributed by atoms with van der Waals surface area (Å²) < 4.78 is 22.4. The molecule has 0 aliphatic heterocycles. The molecular weight excluding hydrogens is 242 g/mol. The molecular formula is C8H8ClNO4S. The highest BCUT2D eigenvalue weighted by molar-refractivity contribution is 8.13. The minimum Gasteiger partial charge on any atom is -0.478 e. The van der Waals surface area contributed by atoms with E-state index in [1.54, 1.807) is 6.92 Å². The molecule has 0 spiro atoms. The van der Waals surface area contributed by atoms with E-state index in [1.165, 1.54) is 6.20 Å². The summed E-state index contributed by atoms with van der Waals surface area (Å²) in [6.07, 6.45) is 1.54. The van der Waals surface area contributed by atoms with Gasteiger partial charge in [-0.25, -0.2) is 13.2 Å². The lowest BCUT2D eigenvalue weighted by Crippen LogP contribution is -2.09. The van der Waals surface area contributed by atoms with Crippen molar-refractivity contribution in [3.8, 4) is 0 Å². The van der Waals surface area contributed by atoms with E-state index >= 15 is 0 Å². The van der Waals surface area contributed by atoms with Gasteiger partial charge in [-0.2, -0.15) is 0 Å². The van der Waals surface area contributed by atoms with Crippen LogP contribution in [0.25, 0.3) is 0 Å². The molecule has 5 nitrogen and oxygen atoms in total. The number of carbonyl (C=O) groups is 1. The lowest BCUT2D eigenvalue weighted by Gasteiger charge is -2.06. The van der Waals surface area contributed by atoms with Crippen molar-refractivity contribution < 1.29 is 18.3 Å². The normalized spacial score (nSPS) is 11.3. The van der Waals surface area contributed by atoms with Gasteiger partial charge in [0.25, 0.3) is 9.05 Å². The average Bonchev–Trinajstić information content (AvgIpc) is 2.15. The fourth-order valence-electron chi connectivity index (χ4n) is 1.18. The Morgan fingerprint density at radius 1 is 1.60 bits per heavy atom. The molecule has 82 valence electrons. The lowest BCUT2D eigenvalue weighted by molar-refractivity contribution is 0.0692. The molecule has 0 bridgehead atoms. The van der Waals surface area contributed by atoms with Crippen molar-refractivity contribution in [2.75, 3.05) is 0 Å². The third-order valence-corrected chi connectivity index (χ3v) is 3.19. The first kappa shape index (κ1) is 11.9. The van der Waals surface area contributed by atoms with Crippen LogP contribution in [0.3, 0.4) is 0 Å². The fourth-order valence-corrected chi connectivity index (χ4v) is 2.60. The highest BCUT2D eigenvalue weighted by atomic mass is 35.7. The van der Waals surface area contributed by atoms with Gasteiger partial charge in [-0.15, -0.1) is 0 Å². The van der Waals surface area contributed by atoms with Crippen LogP contribution in [-0.2, 0) is 15.5 Å². The van der Waals surface area contributed by atoms with Crippen LogP contribution in [0, 0.1) is 0 Å². The second kappa shape index (κ2) is 4.16. The Balaban J connectivity index is 3.63. The Kier molecular flexibility index (Phi) is 3.31. The number of rotatable bonds is 3. The van der Waals surface area contributed by atoms with E-state index in [0.717, 1.165) is 6.07 Å². The number of halogens is 1. The molecule has 0 aliphatic rings. The van der Waals surface area contributed by atoms with E-state index in [4.69, 9.17) is 15.8 Å². The van der Waals surface area contributed by atoms with Crippen molar-refractivity contribution in [1.29, 1.82) is 0 Å². The van der Waals surface area contributed by atoms with Gasteiger partial charge in [0.15, 0.2) is 0 Å². The van der Waals surface area contributed by atoms with Crippen molar-refractivity contribution in [1.82, 2.24) is 4.98 Å². The molecule has 0 aromatic carbocycles. The molecule has 0 saturated carbocycles. The molecule has 7 heteroatoms. The zero-order valence-corrected chi connectivity index (χ0v) is 9.34. The minimum atomic E-state index is -4.09. The third-order valence-electron chi connectivity index (χ3n) is 1.79. The summed E-state index contributed by atoms with van der Waals surface area (Å²) in [5.74, 6) is -1.34. The maximum absolute atomic E-state index is 11.2. The summed E-state index contributed by atoms with van der Waals surface area (Å²) in [6.45, 7) is 1.67. The quantitative estimate of drug-likeness (QED) is 0.816. The van der Waals surface area contributed by atoms with Gasteiger partial charge in [0.1, 0.15) is 4.90 Å². The number of pyridine rings is 1. The standard InChI is InChI=1S/C8H8ClNO4S/c1-2-6-7(15(9,13)14)5(8(11)12)3-4-10-6/h3-4H,2H2,1H3,(H,11,12). The maximum atomic E-state index is 11.2. The number of carboxylic acid groups (broad SMARTS) is 1. The predicted molar refractivity (Wildman–Crippen MR) is 53.6 cm³/mol. The monoisotopic (exact) mass is 249 g/mol. The Bertz CT molecular complexity index is 497. The topological polar surface area (TPSA) is 84.3 Å². The second-order valence-corrected chi connectivity index (χ2v) is 5.23. The summed E-state index contributed by atoms with van der Waals surface area (Å²) in [4.78, 5) is 14.2. The number of hydrogen-bond donors (Lipinski definition) is 1. The maximum Gasteiger partial charge on any atom is 0.337 e. The number of aromatic nitrogens is 1. The van der Waals surface area contributed by atoms with Gasteiger partial charge < -0.3 is 5.11 Å². The summed E-state index contributed by atoms with van der Waals surface area (Å²) >= 11 is 0. The first-order chi connectivity index (χ1) is 6.88. The zero-order chi connectivity index (χ0) is 11.6. The molecule has 1 N–H and O–H groups in total. The molecule has 1 rings (SSSR count). The second-order valence-electron chi connectivity index (χ2n) is 2.73. The van der Waals surface area contributed by atoms with E-state index in [0.29, 0.717) is 6.42 Å². The average molecular weight is 250 g/mol. The molecule has 1 heterocycles. The van der Waals surface area contributed by atoms with Gasteiger partial charge in [-0.3, -0.25) is 4.98 Å². The van der Waals surface area contributed by atoms with Crippen LogP contribution in [0.5, 0.6) is 0 Å². The molecule has 0 aliphatic carbocycles. The Labute approximate surface area is 91.1 Å².